The molecule has 1 aliphatic carbocycles. The molecule has 0 aromatic rings. The Labute approximate surface area is 706 Å². The molecular weight excluding hydrogens is 1520 g/mol. The van der Waals surface area contributed by atoms with Gasteiger partial charge in [-0.3, -0.25) is 28.2 Å². The summed E-state index contributed by atoms with van der Waals surface area (Å²) in [5.74, 6) is -2.27. The van der Waals surface area contributed by atoms with Crippen LogP contribution >= 0.6 is 7.82 Å². The average molecular weight is 1700 g/mol. The number of carbonyl (C=O) groups excluding carboxylic acids is 4. The van der Waals surface area contributed by atoms with Crippen molar-refractivity contribution < 1.29 is 122 Å². The summed E-state index contributed by atoms with van der Waals surface area (Å²) < 4.78 is 73.5. The van der Waals surface area contributed by atoms with Crippen LogP contribution in [0.1, 0.15) is 420 Å². The molecular formula is C91H171O25P. The molecule has 0 spiro atoms. The van der Waals surface area contributed by atoms with E-state index in [9.17, 15) is 74.6 Å². The first-order valence-corrected chi connectivity index (χ1v) is 49.2. The number of hydrogen-bond donors (Lipinski definition) is 10. The number of phosphoric acid groups is 1. The maximum atomic E-state index is 14.9. The van der Waals surface area contributed by atoms with Crippen molar-refractivity contribution in [1.29, 1.82) is 0 Å². The van der Waals surface area contributed by atoms with E-state index >= 15 is 0 Å². The first kappa shape index (κ1) is 109. The lowest BCUT2D eigenvalue weighted by Gasteiger charge is -2.50. The van der Waals surface area contributed by atoms with Gasteiger partial charge in [-0.1, -0.05) is 369 Å². The number of carbonyl (C=O) groups is 4. The number of esters is 4. The molecule has 0 bridgehead atoms. The van der Waals surface area contributed by atoms with Gasteiger partial charge < -0.3 is 88.7 Å². The molecule has 117 heavy (non-hydrogen) atoms. The van der Waals surface area contributed by atoms with E-state index in [1.165, 1.54) is 199 Å². The van der Waals surface area contributed by atoms with Crippen LogP contribution in [0.2, 0.25) is 0 Å². The summed E-state index contributed by atoms with van der Waals surface area (Å²) in [7, 11) is -5.80. The molecule has 0 aromatic carbocycles. The van der Waals surface area contributed by atoms with E-state index in [4.69, 9.17) is 46.9 Å². The van der Waals surface area contributed by atoms with E-state index in [0.29, 0.717) is 38.0 Å². The zero-order valence-electron chi connectivity index (χ0n) is 73.7. The lowest BCUT2D eigenvalue weighted by Crippen LogP contribution is -2.70. The molecule has 0 aromatic heterocycles. The van der Waals surface area contributed by atoms with Crippen LogP contribution in [0.15, 0.2) is 0 Å². The molecule has 0 radical (unpaired) electrons. The van der Waals surface area contributed by atoms with Gasteiger partial charge in [0.15, 0.2) is 24.8 Å². The van der Waals surface area contributed by atoms with Gasteiger partial charge in [0, 0.05) is 25.7 Å². The smallest absolute Gasteiger partial charge is 0.463 e. The zero-order valence-corrected chi connectivity index (χ0v) is 74.6. The van der Waals surface area contributed by atoms with E-state index in [-0.39, 0.29) is 25.7 Å². The summed E-state index contributed by atoms with van der Waals surface area (Å²) in [6.07, 6.45) is 25.2. The van der Waals surface area contributed by atoms with Gasteiger partial charge >= 0.3 is 31.7 Å². The van der Waals surface area contributed by atoms with Crippen LogP contribution in [0, 0.1) is 5.92 Å². The van der Waals surface area contributed by atoms with Crippen molar-refractivity contribution in [2.24, 2.45) is 5.92 Å². The molecule has 3 rings (SSSR count). The van der Waals surface area contributed by atoms with Crippen molar-refractivity contribution in [2.75, 3.05) is 26.4 Å². The minimum atomic E-state index is -5.80. The Hall–Kier alpha value is -2.53. The quantitative estimate of drug-likeness (QED) is 0.0117. The van der Waals surface area contributed by atoms with Crippen molar-refractivity contribution in [3.8, 4) is 0 Å². The lowest BCUT2D eigenvalue weighted by molar-refractivity contribution is -0.360. The van der Waals surface area contributed by atoms with E-state index in [2.05, 4.69) is 34.6 Å². The van der Waals surface area contributed by atoms with E-state index in [0.717, 1.165) is 128 Å². The maximum Gasteiger partial charge on any atom is 0.472 e. The van der Waals surface area contributed by atoms with Gasteiger partial charge in [-0.15, -0.1) is 0 Å². The minimum Gasteiger partial charge on any atom is -0.463 e. The topological polar surface area (TPSA) is 380 Å². The molecule has 19 unspecified atom stereocenters. The number of ether oxygens (including phenoxy) is 8. The second-order valence-corrected chi connectivity index (χ2v) is 35.9. The van der Waals surface area contributed by atoms with Crippen molar-refractivity contribution in [3.05, 3.63) is 0 Å². The standard InChI is InChI=1S/C91H171O25P/c1-6-10-14-18-22-25-28-31-32-33-36-39-42-45-52-59-65-77(96)113-86-82(101)83(102)87(114-90-84(103)80(99)78(97)72(66-92)111-90)89(88(86)115-91-85(104)81(100)79(98)73(112-91)69-108-75(94)63-57-51-44-41-38-35-30-27-24-20-16-12-8-3)116-117(105,106)109-68-71(67-107-74(93)62-56-50-43-40-37-34-29-26-23-19-15-11-7-2)110-76(95)64-58-53-47-46-49-55-61-70(5)60-54-48-21-17-13-9-4/h70-73,78-92,97-104H,6-69H2,1-5H3,(H,105,106). The molecule has 2 heterocycles. The summed E-state index contributed by atoms with van der Waals surface area (Å²) in [5.41, 5.74) is 0. The second kappa shape index (κ2) is 69.7. The molecule has 3 fully saturated rings. The van der Waals surface area contributed by atoms with Gasteiger partial charge in [-0.25, -0.2) is 4.57 Å². The number of hydrogen-bond acceptors (Lipinski definition) is 24. The Balaban J connectivity index is 1.92. The Morgan fingerprint density at radius 1 is 0.333 bits per heavy atom. The average Bonchev–Trinajstić information content (AvgIpc) is 0.754. The van der Waals surface area contributed by atoms with Crippen molar-refractivity contribution in [1.82, 2.24) is 0 Å². The highest BCUT2D eigenvalue weighted by Gasteiger charge is 2.60. The summed E-state index contributed by atoms with van der Waals surface area (Å²) in [5, 5.41) is 102. The number of rotatable bonds is 77. The summed E-state index contributed by atoms with van der Waals surface area (Å²) >= 11 is 0. The monoisotopic (exact) mass is 1700 g/mol. The Morgan fingerprint density at radius 3 is 1.02 bits per heavy atom. The molecule has 10 N–H and O–H groups in total. The first-order valence-electron chi connectivity index (χ1n) is 47.7. The fraction of sp³-hybridized carbons (Fsp3) is 0.956. The third-order valence-corrected chi connectivity index (χ3v) is 24.7. The van der Waals surface area contributed by atoms with Gasteiger partial charge in [0.2, 0.25) is 0 Å². The van der Waals surface area contributed by atoms with Crippen molar-refractivity contribution in [2.45, 2.75) is 524 Å². The van der Waals surface area contributed by atoms with Crippen LogP contribution < -0.4 is 0 Å². The number of phosphoric ester groups is 1. The molecule has 19 atom stereocenters. The normalized spacial score (nSPS) is 25.3. The van der Waals surface area contributed by atoms with Crippen LogP contribution in [-0.2, 0) is 70.7 Å². The molecule has 2 saturated heterocycles. The largest absolute Gasteiger partial charge is 0.472 e. The summed E-state index contributed by atoms with van der Waals surface area (Å²) in [6.45, 7) is 7.95. The third kappa shape index (κ3) is 50.3. The highest BCUT2D eigenvalue weighted by molar-refractivity contribution is 7.47. The van der Waals surface area contributed by atoms with Crippen LogP contribution in [0.4, 0.5) is 0 Å². The van der Waals surface area contributed by atoms with Crippen LogP contribution in [0.3, 0.4) is 0 Å². The highest BCUT2D eigenvalue weighted by Crippen LogP contribution is 2.49. The fourth-order valence-corrected chi connectivity index (χ4v) is 17.1. The van der Waals surface area contributed by atoms with Gasteiger partial charge in [-0.2, -0.15) is 0 Å². The van der Waals surface area contributed by atoms with E-state index in [1.807, 2.05) is 0 Å². The van der Waals surface area contributed by atoms with Crippen LogP contribution in [0.5, 0.6) is 0 Å². The Kier molecular flexibility index (Phi) is 64.8. The predicted octanol–water partition coefficient (Wildman–Crippen LogP) is 17.6. The van der Waals surface area contributed by atoms with Gasteiger partial charge in [0.05, 0.1) is 13.2 Å². The third-order valence-electron chi connectivity index (χ3n) is 23.8. The van der Waals surface area contributed by atoms with Crippen LogP contribution in [-0.4, -0.2) is 205 Å². The molecule has 0 amide bonds. The molecule has 690 valence electrons. The van der Waals surface area contributed by atoms with E-state index in [1.54, 1.807) is 0 Å². The predicted molar refractivity (Wildman–Crippen MR) is 453 cm³/mol. The second-order valence-electron chi connectivity index (χ2n) is 34.5. The molecule has 3 aliphatic rings. The number of aliphatic hydroxyl groups excluding tert-OH is 9. The van der Waals surface area contributed by atoms with Crippen molar-refractivity contribution >= 4 is 31.7 Å². The van der Waals surface area contributed by atoms with Crippen molar-refractivity contribution in [3.63, 3.8) is 0 Å². The van der Waals surface area contributed by atoms with Crippen LogP contribution in [0.25, 0.3) is 0 Å². The van der Waals surface area contributed by atoms with Gasteiger partial charge in [0.1, 0.15) is 92.6 Å². The van der Waals surface area contributed by atoms with E-state index < -0.39 is 162 Å². The van der Waals surface area contributed by atoms with Gasteiger partial charge in [-0.05, 0) is 31.6 Å². The lowest BCUT2D eigenvalue weighted by atomic mass is 9.84. The molecule has 2 aliphatic heterocycles. The fourth-order valence-electron chi connectivity index (χ4n) is 16.1. The number of aliphatic hydroxyl groups is 9. The molecule has 26 heteroatoms. The Morgan fingerprint density at radius 2 is 0.641 bits per heavy atom. The Bertz CT molecular complexity index is 2450. The first-order chi connectivity index (χ1) is 56.6. The number of unbranched alkanes of at least 4 members (excludes halogenated alkanes) is 49. The minimum absolute atomic E-state index is 0.0194. The molecule has 25 nitrogen and oxygen atoms in total. The highest BCUT2D eigenvalue weighted by atomic mass is 31.2. The summed E-state index contributed by atoms with van der Waals surface area (Å²) in [4.78, 5) is 66.5. The van der Waals surface area contributed by atoms with Gasteiger partial charge in [0.25, 0.3) is 0 Å². The maximum absolute atomic E-state index is 14.9. The molecule has 1 saturated carbocycles. The summed E-state index contributed by atoms with van der Waals surface area (Å²) in [6, 6.07) is 0. The zero-order chi connectivity index (χ0) is 85.5. The SMILES string of the molecule is CCCCCCCCCCCCCCCCCCC(=O)OC1C(O)C(O)C(OC2OC(CO)C(O)C(O)C2O)C(OP(=O)(O)OCC(COC(=O)CCCCCCCCCCCCCCC)OC(=O)CCCCCCCCC(C)CCCCCCCC)C1OC1OC(COC(=O)CCCCCCCCCCCCCCC)C(O)C(O)C1O.